The highest BCUT2D eigenvalue weighted by molar-refractivity contribution is 8.00. The summed E-state index contributed by atoms with van der Waals surface area (Å²) in [5.74, 6) is 0.0407. The van der Waals surface area contributed by atoms with Crippen LogP contribution < -0.4 is 0 Å². The van der Waals surface area contributed by atoms with Crippen molar-refractivity contribution in [2.24, 2.45) is 0 Å². The summed E-state index contributed by atoms with van der Waals surface area (Å²) in [5, 5.41) is 0. The first-order valence-corrected chi connectivity index (χ1v) is 6.47. The van der Waals surface area contributed by atoms with E-state index in [1.54, 1.807) is 13.8 Å². The molecule has 0 aromatic heterocycles. The van der Waals surface area contributed by atoms with Gasteiger partial charge in [-0.25, -0.2) is 9.59 Å². The average Bonchev–Trinajstić information content (AvgIpc) is 2.52. The lowest BCUT2D eigenvalue weighted by Crippen LogP contribution is -2.49. The predicted molar refractivity (Wildman–Crippen MR) is 65.8 cm³/mol. The summed E-state index contributed by atoms with van der Waals surface area (Å²) in [6.45, 7) is 7.39. The SMILES string of the molecule is COC(=O)C1N(C(=O)OC(C)C)CSC1(C)C. The zero-order valence-corrected chi connectivity index (χ0v) is 11.7. The number of hydrogen-bond donors (Lipinski definition) is 0. The number of carbonyl (C=O) groups is 2. The van der Waals surface area contributed by atoms with Crippen molar-refractivity contribution in [3.63, 3.8) is 0 Å². The Morgan fingerprint density at radius 3 is 2.47 bits per heavy atom. The third-order valence-corrected chi connectivity index (χ3v) is 3.92. The van der Waals surface area contributed by atoms with Gasteiger partial charge in [0.1, 0.15) is 6.04 Å². The molecule has 0 bridgehead atoms. The van der Waals surface area contributed by atoms with E-state index in [-0.39, 0.29) is 10.9 Å². The molecule has 5 nitrogen and oxygen atoms in total. The number of esters is 1. The molecule has 0 N–H and O–H groups in total. The van der Waals surface area contributed by atoms with Gasteiger partial charge in [-0.3, -0.25) is 4.90 Å². The summed E-state index contributed by atoms with van der Waals surface area (Å²) in [7, 11) is 1.33. The molecule has 1 atom stereocenters. The Bertz CT molecular complexity index is 317. The normalized spacial score (nSPS) is 22.7. The second-order valence-corrected chi connectivity index (χ2v) is 6.30. The predicted octanol–water partition coefficient (Wildman–Crippen LogP) is 1.86. The van der Waals surface area contributed by atoms with Crippen LogP contribution in [0.4, 0.5) is 4.79 Å². The van der Waals surface area contributed by atoms with E-state index in [9.17, 15) is 9.59 Å². The van der Waals surface area contributed by atoms with Crippen molar-refractivity contribution < 1.29 is 19.1 Å². The highest BCUT2D eigenvalue weighted by Gasteiger charge is 2.49. The molecule has 1 rings (SSSR count). The first-order valence-electron chi connectivity index (χ1n) is 5.48. The van der Waals surface area contributed by atoms with Crippen LogP contribution in [-0.2, 0) is 14.3 Å². The Kier molecular flexibility index (Phi) is 4.30. The Morgan fingerprint density at radius 2 is 2.00 bits per heavy atom. The minimum Gasteiger partial charge on any atom is -0.467 e. The summed E-state index contributed by atoms with van der Waals surface area (Å²) in [4.78, 5) is 25.0. The van der Waals surface area contributed by atoms with Crippen LogP contribution in [0.25, 0.3) is 0 Å². The highest BCUT2D eigenvalue weighted by Crippen LogP contribution is 2.40. The third-order valence-electron chi connectivity index (χ3n) is 2.54. The number of hydrogen-bond acceptors (Lipinski definition) is 5. The Balaban J connectivity index is 2.85. The Morgan fingerprint density at radius 1 is 1.41 bits per heavy atom. The molecule has 17 heavy (non-hydrogen) atoms. The molecule has 6 heteroatoms. The van der Waals surface area contributed by atoms with E-state index in [4.69, 9.17) is 9.47 Å². The standard InChI is InChI=1S/C11H19NO4S/c1-7(2)16-10(14)12-6-17-11(3,4)8(12)9(13)15-5/h7-8H,6H2,1-5H3. The third kappa shape index (κ3) is 3.06. The van der Waals surface area contributed by atoms with Crippen LogP contribution in [0.1, 0.15) is 27.7 Å². The van der Waals surface area contributed by atoms with Crippen LogP contribution in [-0.4, -0.2) is 46.8 Å². The lowest BCUT2D eigenvalue weighted by molar-refractivity contribution is -0.146. The van der Waals surface area contributed by atoms with E-state index < -0.39 is 18.1 Å². The van der Waals surface area contributed by atoms with Crippen LogP contribution in [0, 0.1) is 0 Å². The first-order chi connectivity index (χ1) is 7.79. The molecule has 1 saturated heterocycles. The molecule has 1 heterocycles. The van der Waals surface area contributed by atoms with E-state index in [2.05, 4.69) is 0 Å². The molecular formula is C11H19NO4S. The van der Waals surface area contributed by atoms with Gasteiger partial charge < -0.3 is 9.47 Å². The van der Waals surface area contributed by atoms with Crippen molar-refractivity contribution in [2.45, 2.75) is 44.6 Å². The fraction of sp³-hybridized carbons (Fsp3) is 0.818. The molecule has 1 unspecified atom stereocenters. The molecule has 1 aliphatic rings. The molecule has 0 radical (unpaired) electrons. The van der Waals surface area contributed by atoms with Crippen molar-refractivity contribution >= 4 is 23.8 Å². The second-order valence-electron chi connectivity index (χ2n) is 4.70. The lowest BCUT2D eigenvalue weighted by atomic mass is 10.0. The molecule has 0 aliphatic carbocycles. The zero-order valence-electron chi connectivity index (χ0n) is 10.9. The monoisotopic (exact) mass is 261 g/mol. The van der Waals surface area contributed by atoms with Crippen LogP contribution >= 0.6 is 11.8 Å². The first kappa shape index (κ1) is 14.2. The van der Waals surface area contributed by atoms with E-state index in [1.165, 1.54) is 23.8 Å². The van der Waals surface area contributed by atoms with Gasteiger partial charge in [0, 0.05) is 4.75 Å². The van der Waals surface area contributed by atoms with Gasteiger partial charge in [-0.2, -0.15) is 0 Å². The largest absolute Gasteiger partial charge is 0.467 e. The van der Waals surface area contributed by atoms with Gasteiger partial charge in [0.2, 0.25) is 0 Å². The fourth-order valence-electron chi connectivity index (χ4n) is 1.71. The quantitative estimate of drug-likeness (QED) is 0.710. The summed E-state index contributed by atoms with van der Waals surface area (Å²) in [5.41, 5.74) is 0. The van der Waals surface area contributed by atoms with E-state index in [0.717, 1.165) is 0 Å². The highest BCUT2D eigenvalue weighted by atomic mass is 32.2. The van der Waals surface area contributed by atoms with Crippen LogP contribution in [0.15, 0.2) is 0 Å². The molecule has 0 aromatic carbocycles. The molecule has 0 spiro atoms. The zero-order chi connectivity index (χ0) is 13.2. The topological polar surface area (TPSA) is 55.8 Å². The summed E-state index contributed by atoms with van der Waals surface area (Å²) in [6.07, 6.45) is -0.664. The van der Waals surface area contributed by atoms with Crippen LogP contribution in [0.3, 0.4) is 0 Å². The van der Waals surface area contributed by atoms with Crippen molar-refractivity contribution in [1.29, 1.82) is 0 Å². The maximum absolute atomic E-state index is 11.9. The number of nitrogens with zero attached hydrogens (tertiary/aromatic N) is 1. The maximum atomic E-state index is 11.9. The summed E-state index contributed by atoms with van der Waals surface area (Å²) >= 11 is 1.54. The molecule has 0 aromatic rings. The van der Waals surface area contributed by atoms with E-state index >= 15 is 0 Å². The minimum absolute atomic E-state index is 0.200. The van der Waals surface area contributed by atoms with E-state index in [1.807, 2.05) is 13.8 Å². The molecule has 1 aliphatic heterocycles. The van der Waals surface area contributed by atoms with E-state index in [0.29, 0.717) is 5.88 Å². The molecule has 1 amide bonds. The number of amides is 1. The molecule has 98 valence electrons. The lowest BCUT2D eigenvalue weighted by Gasteiger charge is -2.28. The number of rotatable bonds is 2. The second kappa shape index (κ2) is 5.16. The summed E-state index contributed by atoms with van der Waals surface area (Å²) in [6, 6.07) is -0.594. The minimum atomic E-state index is -0.594. The molecule has 1 fully saturated rings. The average molecular weight is 261 g/mol. The van der Waals surface area contributed by atoms with Crippen molar-refractivity contribution in [1.82, 2.24) is 4.90 Å². The van der Waals surface area contributed by atoms with Gasteiger partial charge in [-0.1, -0.05) is 0 Å². The number of thioether (sulfide) groups is 1. The Labute approximate surface area is 106 Å². The molecule has 0 saturated carbocycles. The maximum Gasteiger partial charge on any atom is 0.411 e. The molecular weight excluding hydrogens is 242 g/mol. The Hall–Kier alpha value is -0.910. The van der Waals surface area contributed by atoms with Gasteiger partial charge >= 0.3 is 12.1 Å². The number of methoxy groups -OCH3 is 1. The van der Waals surface area contributed by atoms with Gasteiger partial charge in [-0.15, -0.1) is 11.8 Å². The fourth-order valence-corrected chi connectivity index (χ4v) is 2.82. The van der Waals surface area contributed by atoms with Gasteiger partial charge in [0.05, 0.1) is 19.1 Å². The number of carbonyl (C=O) groups excluding carboxylic acids is 2. The van der Waals surface area contributed by atoms with Crippen LogP contribution in [0.2, 0.25) is 0 Å². The smallest absolute Gasteiger partial charge is 0.411 e. The van der Waals surface area contributed by atoms with Crippen LogP contribution in [0.5, 0.6) is 0 Å². The van der Waals surface area contributed by atoms with Crippen molar-refractivity contribution in [2.75, 3.05) is 13.0 Å². The van der Waals surface area contributed by atoms with Crippen molar-refractivity contribution in [3.05, 3.63) is 0 Å². The van der Waals surface area contributed by atoms with Gasteiger partial charge in [0.25, 0.3) is 0 Å². The van der Waals surface area contributed by atoms with Crippen molar-refractivity contribution in [3.8, 4) is 0 Å². The van der Waals surface area contributed by atoms with Gasteiger partial charge in [0.15, 0.2) is 0 Å². The van der Waals surface area contributed by atoms with Gasteiger partial charge in [-0.05, 0) is 27.7 Å². The summed E-state index contributed by atoms with van der Waals surface area (Å²) < 4.78 is 9.51. The number of ether oxygens (including phenoxy) is 2.